The highest BCUT2D eigenvalue weighted by atomic mass is 32.2. The molecule has 2 nitrogen and oxygen atoms in total. The molecule has 1 heterocycles. The van der Waals surface area contributed by atoms with E-state index in [-0.39, 0.29) is 0 Å². The Labute approximate surface area is 341 Å². The Morgan fingerprint density at radius 3 is 2.05 bits per heavy atom. The molecule has 0 spiro atoms. The second kappa shape index (κ2) is 18.2. The SMILES string of the molecule is C=C/C=C\C=C(/C)c1cc(-c2ccc3c(c2)c2ccc(C(=C)C=C)c(S/C=C\C)c2n3-c2ccc3ccccc3c2)ccc1Nc1ccccc1.c1ccccc1. The minimum Gasteiger partial charge on any atom is -0.355 e. The van der Waals surface area contributed by atoms with E-state index in [1.165, 1.54) is 21.5 Å². The van der Waals surface area contributed by atoms with Gasteiger partial charge in [-0.05, 0) is 106 Å². The Bertz CT molecular complexity index is 2770. The molecule has 8 rings (SSSR count). The van der Waals surface area contributed by atoms with Crippen LogP contribution in [-0.4, -0.2) is 4.57 Å². The largest absolute Gasteiger partial charge is 0.355 e. The second-order valence-corrected chi connectivity index (χ2v) is 14.5. The standard InChI is InChI=1S/C48H40N2S.C6H6/c1-6-9-11-16-34(5)43-31-37(22-27-45(43)49-39-19-12-10-13-20-39)38-23-28-46-44(32-38)42-26-25-41(33(4)8-3)48(51-29-7-2)47(42)50(46)40-24-21-35-17-14-15-18-36(35)30-40;1-2-4-6-5-3-1/h6-32,49H,1,3-4H2,2,5H3;1-6H/b11-9-,29-7-,34-16+;. The number of rotatable bonds is 11. The predicted molar refractivity (Wildman–Crippen MR) is 253 cm³/mol. The molecule has 7 aromatic carbocycles. The summed E-state index contributed by atoms with van der Waals surface area (Å²) in [5, 5.41) is 10.6. The van der Waals surface area contributed by atoms with E-state index in [9.17, 15) is 0 Å². The Morgan fingerprint density at radius 1 is 0.649 bits per heavy atom. The first-order valence-corrected chi connectivity index (χ1v) is 20.0. The van der Waals surface area contributed by atoms with Gasteiger partial charge in [-0.3, -0.25) is 0 Å². The number of hydrogen-bond acceptors (Lipinski definition) is 2. The minimum absolute atomic E-state index is 0.906. The van der Waals surface area contributed by atoms with Gasteiger partial charge >= 0.3 is 0 Å². The highest BCUT2D eigenvalue weighted by Gasteiger charge is 2.20. The fraction of sp³-hybridized carbons (Fsp3) is 0.0370. The molecule has 0 atom stereocenters. The molecule has 8 aromatic rings. The topological polar surface area (TPSA) is 17.0 Å². The molecule has 1 N–H and O–H groups in total. The van der Waals surface area contributed by atoms with Crippen molar-refractivity contribution in [3.8, 4) is 16.8 Å². The van der Waals surface area contributed by atoms with Crippen LogP contribution < -0.4 is 5.32 Å². The third-order valence-electron chi connectivity index (χ3n) is 9.88. The Morgan fingerprint density at radius 2 is 1.33 bits per heavy atom. The fourth-order valence-corrected chi connectivity index (χ4v) is 7.96. The van der Waals surface area contributed by atoms with E-state index in [0.717, 1.165) is 66.4 Å². The van der Waals surface area contributed by atoms with Crippen LogP contribution >= 0.6 is 11.8 Å². The lowest BCUT2D eigenvalue weighted by Crippen LogP contribution is -1.97. The molecular formula is C54H46N2S. The molecule has 0 aliphatic rings. The van der Waals surface area contributed by atoms with Gasteiger partial charge < -0.3 is 9.88 Å². The molecule has 0 fully saturated rings. The molecule has 0 bridgehead atoms. The van der Waals surface area contributed by atoms with Crippen LogP contribution in [0.4, 0.5) is 11.4 Å². The summed E-state index contributed by atoms with van der Waals surface area (Å²) in [6, 6.07) is 55.6. The molecule has 0 unspecified atom stereocenters. The van der Waals surface area contributed by atoms with Crippen molar-refractivity contribution in [3.63, 3.8) is 0 Å². The van der Waals surface area contributed by atoms with Crippen LogP contribution in [-0.2, 0) is 0 Å². The lowest BCUT2D eigenvalue weighted by molar-refractivity contribution is 1.16. The van der Waals surface area contributed by atoms with Gasteiger partial charge in [0.2, 0.25) is 0 Å². The van der Waals surface area contributed by atoms with Crippen molar-refractivity contribution in [2.24, 2.45) is 0 Å². The van der Waals surface area contributed by atoms with Gasteiger partial charge in [-0.1, -0.05) is 177 Å². The number of anilines is 2. The number of nitrogens with one attached hydrogen (secondary N) is 1. The van der Waals surface area contributed by atoms with Gasteiger partial charge in [0.1, 0.15) is 0 Å². The highest BCUT2D eigenvalue weighted by molar-refractivity contribution is 8.02. The molecule has 57 heavy (non-hydrogen) atoms. The van der Waals surface area contributed by atoms with Crippen LogP contribution in [0.2, 0.25) is 0 Å². The molecule has 278 valence electrons. The average molecular weight is 755 g/mol. The zero-order valence-electron chi connectivity index (χ0n) is 32.5. The van der Waals surface area contributed by atoms with Crippen molar-refractivity contribution in [1.82, 2.24) is 4.57 Å². The molecule has 0 amide bonds. The Balaban J connectivity index is 0.000000757. The molecule has 3 heteroatoms. The summed E-state index contributed by atoms with van der Waals surface area (Å²) in [6.45, 7) is 16.5. The first-order valence-electron chi connectivity index (χ1n) is 19.1. The van der Waals surface area contributed by atoms with E-state index < -0.39 is 0 Å². The highest BCUT2D eigenvalue weighted by Crippen LogP contribution is 2.43. The van der Waals surface area contributed by atoms with Gasteiger partial charge in [-0.2, -0.15) is 0 Å². The van der Waals surface area contributed by atoms with Gasteiger partial charge in [-0.15, -0.1) is 0 Å². The lowest BCUT2D eigenvalue weighted by Gasteiger charge is -2.15. The minimum atomic E-state index is 0.906. The summed E-state index contributed by atoms with van der Waals surface area (Å²) in [6.07, 6.45) is 11.9. The zero-order valence-corrected chi connectivity index (χ0v) is 33.3. The van der Waals surface area contributed by atoms with Crippen LogP contribution in [0.3, 0.4) is 0 Å². The molecule has 1 aromatic heterocycles. The molecule has 0 aliphatic heterocycles. The fourth-order valence-electron chi connectivity index (χ4n) is 7.05. The van der Waals surface area contributed by atoms with Gasteiger partial charge in [0.05, 0.1) is 11.0 Å². The lowest BCUT2D eigenvalue weighted by atomic mass is 9.96. The predicted octanol–water partition coefficient (Wildman–Crippen LogP) is 16.0. The van der Waals surface area contributed by atoms with E-state index in [1.807, 2.05) is 72.8 Å². The number of hydrogen-bond donors (Lipinski definition) is 1. The van der Waals surface area contributed by atoms with E-state index >= 15 is 0 Å². The summed E-state index contributed by atoms with van der Waals surface area (Å²) in [4.78, 5) is 1.16. The second-order valence-electron chi connectivity index (χ2n) is 13.6. The summed E-state index contributed by atoms with van der Waals surface area (Å²) in [7, 11) is 0. The number of para-hydroxylation sites is 1. The maximum atomic E-state index is 4.37. The zero-order chi connectivity index (χ0) is 39.6. The van der Waals surface area contributed by atoms with E-state index in [2.05, 4.69) is 164 Å². The van der Waals surface area contributed by atoms with Crippen molar-refractivity contribution in [3.05, 3.63) is 230 Å². The molecular weight excluding hydrogens is 709 g/mol. The summed E-state index contributed by atoms with van der Waals surface area (Å²) < 4.78 is 2.42. The number of nitrogens with zero attached hydrogens (tertiary/aromatic N) is 1. The van der Waals surface area contributed by atoms with Crippen LogP contribution in [0.1, 0.15) is 25.0 Å². The van der Waals surface area contributed by atoms with Crippen molar-refractivity contribution >= 4 is 66.9 Å². The van der Waals surface area contributed by atoms with Gasteiger partial charge in [0.25, 0.3) is 0 Å². The van der Waals surface area contributed by atoms with E-state index in [4.69, 9.17) is 0 Å². The molecule has 0 aliphatic carbocycles. The third-order valence-corrected chi connectivity index (χ3v) is 10.9. The maximum absolute atomic E-state index is 4.37. The van der Waals surface area contributed by atoms with E-state index in [0.29, 0.717) is 0 Å². The quantitative estimate of drug-likeness (QED) is 0.105. The van der Waals surface area contributed by atoms with Crippen molar-refractivity contribution in [1.29, 1.82) is 0 Å². The number of fused-ring (bicyclic) bond motifs is 4. The normalized spacial score (nSPS) is 11.6. The van der Waals surface area contributed by atoms with Gasteiger partial charge in [-0.25, -0.2) is 0 Å². The number of aromatic nitrogens is 1. The van der Waals surface area contributed by atoms with Crippen LogP contribution in [0, 0.1) is 0 Å². The number of benzene rings is 7. The van der Waals surface area contributed by atoms with Crippen LogP contribution in [0.25, 0.3) is 60.5 Å². The monoisotopic (exact) mass is 754 g/mol. The Hall–Kier alpha value is -6.81. The first kappa shape index (κ1) is 38.5. The number of allylic oxidation sites excluding steroid dienone is 8. The van der Waals surface area contributed by atoms with Crippen LogP contribution in [0.5, 0.6) is 0 Å². The van der Waals surface area contributed by atoms with E-state index in [1.54, 1.807) is 17.8 Å². The van der Waals surface area contributed by atoms with Crippen molar-refractivity contribution in [2.45, 2.75) is 18.7 Å². The maximum Gasteiger partial charge on any atom is 0.0686 e. The third kappa shape index (κ3) is 8.55. The summed E-state index contributed by atoms with van der Waals surface area (Å²) >= 11 is 1.73. The molecule has 0 radical (unpaired) electrons. The van der Waals surface area contributed by atoms with Gasteiger partial charge in [0, 0.05) is 38.3 Å². The molecule has 0 saturated carbocycles. The van der Waals surface area contributed by atoms with Crippen molar-refractivity contribution in [2.75, 3.05) is 5.32 Å². The first-order chi connectivity index (χ1) is 28.0. The van der Waals surface area contributed by atoms with Gasteiger partial charge in [0.15, 0.2) is 0 Å². The average Bonchev–Trinajstić information content (AvgIpc) is 3.60. The Kier molecular flexibility index (Phi) is 12.3. The number of thioether (sulfide) groups is 1. The summed E-state index contributed by atoms with van der Waals surface area (Å²) in [5.74, 6) is 0. The summed E-state index contributed by atoms with van der Waals surface area (Å²) in [5.41, 5.74) is 12.1. The molecule has 0 saturated heterocycles. The van der Waals surface area contributed by atoms with Crippen LogP contribution in [0.15, 0.2) is 224 Å². The van der Waals surface area contributed by atoms with Crippen molar-refractivity contribution < 1.29 is 0 Å². The smallest absolute Gasteiger partial charge is 0.0686 e.